The van der Waals surface area contributed by atoms with Gasteiger partial charge < -0.3 is 10.6 Å². The molecule has 0 radical (unpaired) electrons. The number of hydrogen-bond donors (Lipinski definition) is 1. The van der Waals surface area contributed by atoms with Gasteiger partial charge in [-0.1, -0.05) is 30.3 Å². The van der Waals surface area contributed by atoms with Crippen molar-refractivity contribution in [1.29, 1.82) is 0 Å². The molecule has 124 valence electrons. The van der Waals surface area contributed by atoms with Crippen LogP contribution in [0.4, 0.5) is 0 Å². The fourth-order valence-electron chi connectivity index (χ4n) is 2.47. The highest BCUT2D eigenvalue weighted by Crippen LogP contribution is 2.18. The van der Waals surface area contributed by atoms with E-state index in [1.807, 2.05) is 30.0 Å². The highest BCUT2D eigenvalue weighted by Gasteiger charge is 2.15. The minimum absolute atomic E-state index is 0.0684. The maximum Gasteiger partial charge on any atom is 0.222 e. The molecule has 0 spiro atoms. The van der Waals surface area contributed by atoms with E-state index in [1.54, 1.807) is 11.3 Å². The van der Waals surface area contributed by atoms with Gasteiger partial charge in [-0.2, -0.15) is 0 Å². The second-order valence-corrected chi connectivity index (χ2v) is 7.45. The van der Waals surface area contributed by atoms with E-state index in [0.717, 1.165) is 19.4 Å². The zero-order valence-corrected chi connectivity index (χ0v) is 14.8. The summed E-state index contributed by atoms with van der Waals surface area (Å²) in [6, 6.07) is 14.6. The number of nitrogens with zero attached hydrogens (tertiary/aromatic N) is 1. The molecule has 4 heteroatoms. The smallest absolute Gasteiger partial charge is 0.222 e. The van der Waals surface area contributed by atoms with Crippen molar-refractivity contribution < 1.29 is 4.79 Å². The summed E-state index contributed by atoms with van der Waals surface area (Å²) in [5, 5.41) is 0. The Balaban J connectivity index is 1.99. The normalized spacial score (nSPS) is 12.1. The molecule has 1 amide bonds. The lowest BCUT2D eigenvalue weighted by Crippen LogP contribution is -2.33. The zero-order chi connectivity index (χ0) is 16.7. The molecule has 0 saturated carbocycles. The van der Waals surface area contributed by atoms with Gasteiger partial charge in [0.25, 0.3) is 0 Å². The first-order valence-electron chi connectivity index (χ1n) is 8.17. The summed E-state index contributed by atoms with van der Waals surface area (Å²) in [6.45, 7) is 5.49. The van der Waals surface area contributed by atoms with Gasteiger partial charge in [-0.3, -0.25) is 4.79 Å². The molecule has 0 bridgehead atoms. The molecule has 1 atom stereocenters. The van der Waals surface area contributed by atoms with E-state index in [-0.39, 0.29) is 11.9 Å². The fourth-order valence-corrected chi connectivity index (χ4v) is 3.37. The molecule has 23 heavy (non-hydrogen) atoms. The molecule has 1 unspecified atom stereocenters. The van der Waals surface area contributed by atoms with E-state index in [4.69, 9.17) is 5.73 Å². The summed E-state index contributed by atoms with van der Waals surface area (Å²) in [4.78, 5) is 17.1. The van der Waals surface area contributed by atoms with Crippen molar-refractivity contribution in [2.24, 2.45) is 5.73 Å². The fraction of sp³-hybridized carbons (Fsp3) is 0.421. The highest BCUT2D eigenvalue weighted by molar-refractivity contribution is 7.11. The third-order valence-corrected chi connectivity index (χ3v) is 4.81. The van der Waals surface area contributed by atoms with Crippen LogP contribution in [0.1, 0.15) is 35.1 Å². The molecule has 0 aliphatic heterocycles. The monoisotopic (exact) mass is 330 g/mol. The predicted octanol–water partition coefficient (Wildman–Crippen LogP) is 3.76. The number of carbonyl (C=O) groups excluding carboxylic acids is 1. The van der Waals surface area contributed by atoms with Crippen LogP contribution in [0.15, 0.2) is 42.5 Å². The van der Waals surface area contributed by atoms with Crippen LogP contribution in [0, 0.1) is 6.92 Å². The molecule has 1 heterocycles. The van der Waals surface area contributed by atoms with Gasteiger partial charge in [0, 0.05) is 28.8 Å². The van der Waals surface area contributed by atoms with Crippen molar-refractivity contribution >= 4 is 17.2 Å². The Morgan fingerprint density at radius 3 is 2.57 bits per heavy atom. The summed E-state index contributed by atoms with van der Waals surface area (Å²) in [5.74, 6) is 0.198. The van der Waals surface area contributed by atoms with Crippen LogP contribution in [0.3, 0.4) is 0 Å². The maximum absolute atomic E-state index is 12.6. The van der Waals surface area contributed by atoms with Crippen LogP contribution in [0.25, 0.3) is 0 Å². The number of rotatable bonds is 8. The molecule has 2 rings (SSSR count). The van der Waals surface area contributed by atoms with Crippen LogP contribution in [0.2, 0.25) is 0 Å². The number of hydrogen-bond acceptors (Lipinski definition) is 3. The van der Waals surface area contributed by atoms with E-state index >= 15 is 0 Å². The minimum atomic E-state index is 0.0684. The van der Waals surface area contributed by atoms with E-state index in [9.17, 15) is 4.79 Å². The third-order valence-electron chi connectivity index (χ3n) is 3.82. The van der Waals surface area contributed by atoms with Gasteiger partial charge in [0.2, 0.25) is 5.91 Å². The Bertz CT molecular complexity index is 607. The Morgan fingerprint density at radius 2 is 1.96 bits per heavy atom. The number of amides is 1. The Kier molecular flexibility index (Phi) is 6.81. The number of benzene rings is 1. The molecule has 2 N–H and O–H groups in total. The van der Waals surface area contributed by atoms with Crippen LogP contribution >= 0.6 is 11.3 Å². The van der Waals surface area contributed by atoms with E-state index < -0.39 is 0 Å². The Hall–Kier alpha value is -1.65. The van der Waals surface area contributed by atoms with E-state index in [1.165, 1.54) is 15.3 Å². The molecular formula is C19H26N2OS. The summed E-state index contributed by atoms with van der Waals surface area (Å²) < 4.78 is 0. The average Bonchev–Trinajstić information content (AvgIpc) is 2.95. The summed E-state index contributed by atoms with van der Waals surface area (Å²) in [5.41, 5.74) is 7.06. The maximum atomic E-state index is 12.6. The zero-order valence-electron chi connectivity index (χ0n) is 14.0. The quantitative estimate of drug-likeness (QED) is 0.801. The Morgan fingerprint density at radius 1 is 1.22 bits per heavy atom. The molecular weight excluding hydrogens is 304 g/mol. The van der Waals surface area contributed by atoms with Crippen molar-refractivity contribution in [3.05, 3.63) is 57.8 Å². The molecule has 3 nitrogen and oxygen atoms in total. The molecule has 2 aromatic rings. The molecule has 0 aliphatic carbocycles. The lowest BCUT2D eigenvalue weighted by molar-refractivity contribution is -0.131. The van der Waals surface area contributed by atoms with Gasteiger partial charge in [0.05, 0.1) is 6.54 Å². The van der Waals surface area contributed by atoms with Gasteiger partial charge in [-0.25, -0.2) is 0 Å². The lowest BCUT2D eigenvalue weighted by atomic mass is 10.1. The first-order chi connectivity index (χ1) is 11.0. The van der Waals surface area contributed by atoms with E-state index in [2.05, 4.69) is 31.2 Å². The van der Waals surface area contributed by atoms with E-state index in [0.29, 0.717) is 13.0 Å². The second kappa shape index (κ2) is 8.85. The number of thiophene rings is 1. The number of carbonyl (C=O) groups is 1. The predicted molar refractivity (Wildman–Crippen MR) is 97.5 cm³/mol. The third kappa shape index (κ3) is 6.16. The number of nitrogens with two attached hydrogens (primary N) is 1. The Labute approximate surface area is 143 Å². The van der Waals surface area contributed by atoms with Crippen LogP contribution in [-0.4, -0.2) is 23.4 Å². The lowest BCUT2D eigenvalue weighted by Gasteiger charge is -2.23. The largest absolute Gasteiger partial charge is 0.337 e. The number of aryl methyl sites for hydroxylation is 1. The molecule has 0 fully saturated rings. The highest BCUT2D eigenvalue weighted by atomic mass is 32.1. The van der Waals surface area contributed by atoms with Gasteiger partial charge in [-0.05, 0) is 44.4 Å². The molecule has 0 aliphatic rings. The molecule has 1 aromatic carbocycles. The molecule has 1 aromatic heterocycles. The average molecular weight is 330 g/mol. The first-order valence-corrected chi connectivity index (χ1v) is 8.99. The van der Waals surface area contributed by atoms with Gasteiger partial charge in [0.1, 0.15) is 0 Å². The topological polar surface area (TPSA) is 46.3 Å². The summed E-state index contributed by atoms with van der Waals surface area (Å²) >= 11 is 1.76. The molecule has 0 saturated heterocycles. The SMILES string of the molecule is Cc1ccc(CN(CCc2ccccc2)C(=O)CCC(C)N)s1. The van der Waals surface area contributed by atoms with Gasteiger partial charge >= 0.3 is 0 Å². The van der Waals surface area contributed by atoms with Crippen molar-refractivity contribution in [3.8, 4) is 0 Å². The van der Waals surface area contributed by atoms with Crippen molar-refractivity contribution in [2.45, 2.75) is 45.7 Å². The van der Waals surface area contributed by atoms with Gasteiger partial charge in [0.15, 0.2) is 0 Å². The van der Waals surface area contributed by atoms with Crippen molar-refractivity contribution in [2.75, 3.05) is 6.54 Å². The first kappa shape index (κ1) is 17.7. The van der Waals surface area contributed by atoms with Crippen LogP contribution < -0.4 is 5.73 Å². The minimum Gasteiger partial charge on any atom is -0.337 e. The van der Waals surface area contributed by atoms with Crippen molar-refractivity contribution in [3.63, 3.8) is 0 Å². The summed E-state index contributed by atoms with van der Waals surface area (Å²) in [7, 11) is 0. The summed E-state index contributed by atoms with van der Waals surface area (Å²) in [6.07, 6.45) is 2.15. The van der Waals surface area contributed by atoms with Crippen LogP contribution in [-0.2, 0) is 17.8 Å². The van der Waals surface area contributed by atoms with Crippen LogP contribution in [0.5, 0.6) is 0 Å². The van der Waals surface area contributed by atoms with Gasteiger partial charge in [-0.15, -0.1) is 11.3 Å². The van der Waals surface area contributed by atoms with Crippen molar-refractivity contribution in [1.82, 2.24) is 4.90 Å². The second-order valence-electron chi connectivity index (χ2n) is 6.08. The standard InChI is InChI=1S/C19H26N2OS/c1-15(20)8-11-19(22)21(14-18-10-9-16(2)23-18)13-12-17-6-4-3-5-7-17/h3-7,9-10,15H,8,11-14,20H2,1-2H3.